The van der Waals surface area contributed by atoms with E-state index < -0.39 is 11.6 Å². The standard InChI is InChI=1S/C22H33NO4/c1-20-9-6-15(23-27-13-19(24)25)12-14(20)4-5-16-17(20)7-10-21(2)18(16)8-11-22(21,3)26/h12,16-18,26H,4-11,13H2,1-3H3,(H,24,25). The minimum absolute atomic E-state index is 0.0672. The number of hydrogen-bond acceptors (Lipinski definition) is 4. The molecule has 150 valence electrons. The number of aliphatic hydroxyl groups is 1. The van der Waals surface area contributed by atoms with Crippen molar-refractivity contribution in [1.82, 2.24) is 0 Å². The topological polar surface area (TPSA) is 79.1 Å². The molecule has 0 aromatic rings. The lowest BCUT2D eigenvalue weighted by molar-refractivity contribution is -0.142. The highest BCUT2D eigenvalue weighted by atomic mass is 16.6. The van der Waals surface area contributed by atoms with Crippen LogP contribution in [0, 0.1) is 28.6 Å². The number of carboxylic acids is 1. The third-order valence-corrected chi connectivity index (χ3v) is 8.91. The van der Waals surface area contributed by atoms with Gasteiger partial charge in [-0.25, -0.2) is 4.79 Å². The van der Waals surface area contributed by atoms with Crippen LogP contribution in [0.25, 0.3) is 0 Å². The lowest BCUT2D eigenvalue weighted by atomic mass is 9.46. The molecule has 5 nitrogen and oxygen atoms in total. The molecule has 2 N–H and O–H groups in total. The van der Waals surface area contributed by atoms with E-state index in [1.54, 1.807) is 0 Å². The Balaban J connectivity index is 1.56. The van der Waals surface area contributed by atoms with Gasteiger partial charge in [0.25, 0.3) is 0 Å². The molecule has 0 spiro atoms. The van der Waals surface area contributed by atoms with Crippen LogP contribution in [0.3, 0.4) is 0 Å². The molecule has 27 heavy (non-hydrogen) atoms. The first-order chi connectivity index (χ1) is 12.7. The third kappa shape index (κ3) is 2.84. The van der Waals surface area contributed by atoms with Gasteiger partial charge in [0.15, 0.2) is 0 Å². The predicted molar refractivity (Wildman–Crippen MR) is 103 cm³/mol. The molecule has 3 fully saturated rings. The van der Waals surface area contributed by atoms with E-state index in [1.807, 2.05) is 0 Å². The lowest BCUT2D eigenvalue weighted by Crippen LogP contribution is -2.53. The fourth-order valence-electron chi connectivity index (χ4n) is 7.06. The van der Waals surface area contributed by atoms with Crippen molar-refractivity contribution in [2.75, 3.05) is 6.61 Å². The van der Waals surface area contributed by atoms with Crippen molar-refractivity contribution in [2.45, 2.75) is 77.7 Å². The molecule has 0 radical (unpaired) electrons. The quantitative estimate of drug-likeness (QED) is 0.726. The van der Waals surface area contributed by atoms with E-state index in [4.69, 9.17) is 9.94 Å². The number of rotatable bonds is 3. The number of nitrogens with zero attached hydrogens (tertiary/aromatic N) is 1. The van der Waals surface area contributed by atoms with Crippen LogP contribution in [0.4, 0.5) is 0 Å². The Kier molecular flexibility index (Phi) is 4.45. The zero-order valence-corrected chi connectivity index (χ0v) is 16.8. The van der Waals surface area contributed by atoms with Crippen LogP contribution >= 0.6 is 0 Å². The van der Waals surface area contributed by atoms with Crippen molar-refractivity contribution in [3.8, 4) is 0 Å². The van der Waals surface area contributed by atoms with Crippen LogP contribution in [-0.4, -0.2) is 34.1 Å². The zero-order valence-electron chi connectivity index (χ0n) is 16.8. The summed E-state index contributed by atoms with van der Waals surface area (Å²) in [4.78, 5) is 15.6. The largest absolute Gasteiger partial charge is 0.479 e. The van der Waals surface area contributed by atoms with Gasteiger partial charge in [0.2, 0.25) is 6.61 Å². The maximum absolute atomic E-state index is 11.0. The smallest absolute Gasteiger partial charge is 0.344 e. The van der Waals surface area contributed by atoms with E-state index in [-0.39, 0.29) is 17.4 Å². The maximum Gasteiger partial charge on any atom is 0.344 e. The number of carbonyl (C=O) groups is 1. The summed E-state index contributed by atoms with van der Waals surface area (Å²) in [5.41, 5.74) is 2.11. The van der Waals surface area contributed by atoms with E-state index in [0.717, 1.165) is 44.2 Å². The van der Waals surface area contributed by atoms with Crippen molar-refractivity contribution in [3.63, 3.8) is 0 Å². The summed E-state index contributed by atoms with van der Waals surface area (Å²) in [7, 11) is 0. The molecule has 0 aliphatic heterocycles. The van der Waals surface area contributed by atoms with Crippen LogP contribution in [0.2, 0.25) is 0 Å². The summed E-state index contributed by atoms with van der Waals surface area (Å²) in [5, 5.41) is 23.8. The van der Waals surface area contributed by atoms with Gasteiger partial charge in [0.05, 0.1) is 11.3 Å². The van der Waals surface area contributed by atoms with Gasteiger partial charge < -0.3 is 15.1 Å². The van der Waals surface area contributed by atoms with Gasteiger partial charge in [-0.15, -0.1) is 0 Å². The second kappa shape index (κ2) is 6.33. The number of aliphatic carboxylic acids is 1. The summed E-state index contributed by atoms with van der Waals surface area (Å²) in [6, 6.07) is 0. The first kappa shape index (κ1) is 19.0. The normalized spacial score (nSPS) is 47.6. The highest BCUT2D eigenvalue weighted by molar-refractivity contribution is 5.96. The van der Waals surface area contributed by atoms with Gasteiger partial charge in [-0.3, -0.25) is 0 Å². The van der Waals surface area contributed by atoms with Gasteiger partial charge in [-0.1, -0.05) is 24.6 Å². The molecule has 4 rings (SSSR count). The summed E-state index contributed by atoms with van der Waals surface area (Å²) in [5.74, 6) is 1.04. The van der Waals surface area contributed by atoms with E-state index in [2.05, 4.69) is 32.0 Å². The van der Waals surface area contributed by atoms with Crippen molar-refractivity contribution in [1.29, 1.82) is 0 Å². The van der Waals surface area contributed by atoms with Crippen molar-refractivity contribution in [2.24, 2.45) is 33.7 Å². The van der Waals surface area contributed by atoms with Crippen LogP contribution in [0.15, 0.2) is 16.8 Å². The Bertz CT molecular complexity index is 696. The highest BCUT2D eigenvalue weighted by Crippen LogP contribution is 2.67. The van der Waals surface area contributed by atoms with E-state index >= 15 is 0 Å². The minimum atomic E-state index is -0.995. The molecule has 0 amide bonds. The first-order valence-corrected chi connectivity index (χ1v) is 10.5. The monoisotopic (exact) mass is 375 g/mol. The molecule has 0 aromatic carbocycles. The Morgan fingerprint density at radius 3 is 2.63 bits per heavy atom. The minimum Gasteiger partial charge on any atom is -0.479 e. The van der Waals surface area contributed by atoms with E-state index in [9.17, 15) is 9.90 Å². The predicted octanol–water partition coefficient (Wildman–Crippen LogP) is 4.16. The first-order valence-electron chi connectivity index (χ1n) is 10.5. The van der Waals surface area contributed by atoms with E-state index in [0.29, 0.717) is 17.8 Å². The second-order valence-electron chi connectivity index (χ2n) is 10.0. The number of carboxylic acid groups (broad SMARTS) is 1. The third-order valence-electron chi connectivity index (χ3n) is 8.91. The number of allylic oxidation sites excluding steroid dienone is 2. The molecule has 0 bridgehead atoms. The van der Waals surface area contributed by atoms with E-state index in [1.165, 1.54) is 18.4 Å². The number of oxime groups is 1. The zero-order chi connectivity index (χ0) is 19.4. The molecule has 6 unspecified atom stereocenters. The maximum atomic E-state index is 11.0. The molecular formula is C22H33NO4. The Hall–Kier alpha value is -1.36. The Labute approximate surface area is 161 Å². The average molecular weight is 376 g/mol. The summed E-state index contributed by atoms with van der Waals surface area (Å²) in [6.45, 7) is 6.44. The fraction of sp³-hybridized carbons (Fsp3) is 0.818. The molecule has 0 saturated heterocycles. The number of hydrogen-bond donors (Lipinski definition) is 2. The van der Waals surface area contributed by atoms with Crippen molar-refractivity contribution >= 4 is 11.7 Å². The lowest BCUT2D eigenvalue weighted by Gasteiger charge is -2.59. The van der Waals surface area contributed by atoms with Crippen LogP contribution in [-0.2, 0) is 9.63 Å². The molecule has 0 aromatic heterocycles. The van der Waals surface area contributed by atoms with Crippen LogP contribution in [0.5, 0.6) is 0 Å². The van der Waals surface area contributed by atoms with Gasteiger partial charge in [0, 0.05) is 0 Å². The SMILES string of the molecule is CC12CCC(=NOCC(=O)O)C=C1CCC1C2CCC2(C)C1CCC2(C)O. The Morgan fingerprint density at radius 1 is 1.15 bits per heavy atom. The molecule has 0 heterocycles. The molecular weight excluding hydrogens is 342 g/mol. The average Bonchev–Trinajstić information content (AvgIpc) is 2.84. The van der Waals surface area contributed by atoms with Crippen molar-refractivity contribution in [3.05, 3.63) is 11.6 Å². The molecule has 6 atom stereocenters. The fourth-order valence-corrected chi connectivity index (χ4v) is 7.06. The molecule has 5 heteroatoms. The van der Waals surface area contributed by atoms with Gasteiger partial charge in [-0.2, -0.15) is 0 Å². The summed E-state index contributed by atoms with van der Waals surface area (Å²) >= 11 is 0. The second-order valence-corrected chi connectivity index (χ2v) is 10.0. The molecule has 4 aliphatic carbocycles. The summed E-state index contributed by atoms with van der Waals surface area (Å²) < 4.78 is 0. The van der Waals surface area contributed by atoms with Gasteiger partial charge in [0.1, 0.15) is 0 Å². The van der Waals surface area contributed by atoms with Gasteiger partial charge in [-0.05, 0) is 93.0 Å². The number of fused-ring (bicyclic) bond motifs is 5. The summed E-state index contributed by atoms with van der Waals surface area (Å²) in [6.07, 6.45) is 10.8. The van der Waals surface area contributed by atoms with Crippen LogP contribution < -0.4 is 0 Å². The van der Waals surface area contributed by atoms with Crippen LogP contribution in [0.1, 0.15) is 72.1 Å². The Morgan fingerprint density at radius 2 is 1.89 bits per heavy atom. The molecule has 4 aliphatic rings. The van der Waals surface area contributed by atoms with Crippen molar-refractivity contribution < 1.29 is 19.8 Å². The van der Waals surface area contributed by atoms with Gasteiger partial charge >= 0.3 is 5.97 Å². The molecule has 3 saturated carbocycles. The highest BCUT2D eigenvalue weighted by Gasteiger charge is 2.62.